The van der Waals surface area contributed by atoms with Crippen LogP contribution in [0.15, 0.2) is 49.1 Å². The van der Waals surface area contributed by atoms with Crippen LogP contribution in [0.1, 0.15) is 101 Å². The van der Waals surface area contributed by atoms with Gasteiger partial charge in [0.2, 0.25) is 0 Å². The van der Waals surface area contributed by atoms with Crippen LogP contribution in [0.2, 0.25) is 0 Å². The molecule has 2 aliphatic rings. The molecule has 0 unspecified atom stereocenters. The Morgan fingerprint density at radius 2 is 1.57 bits per heavy atom. The number of allylic oxidation sites excluding steroid dienone is 3. The number of hydrogen-bond donors (Lipinski definition) is 0. The molecule has 1 nitrogen and oxygen atoms in total. The molecule has 0 saturated heterocycles. The molecule has 0 radical (unpaired) electrons. The molecule has 0 aromatic heterocycles. The minimum atomic E-state index is 0.738. The summed E-state index contributed by atoms with van der Waals surface area (Å²) in [4.78, 5) is 0. The SMILES string of the molecule is C=CCCCOCc1ccc(C2CCC([C@H]3CC[C@H](CC/C=C/C)CC3)CC2)cc1. The number of ether oxygens (including phenoxy) is 1. The second-order valence-electron chi connectivity index (χ2n) is 9.76. The predicted octanol–water partition coefficient (Wildman–Crippen LogP) is 8.61. The molecular formula is C29H44O. The van der Waals surface area contributed by atoms with Crippen LogP contribution in [0.5, 0.6) is 0 Å². The van der Waals surface area contributed by atoms with E-state index in [0.717, 1.165) is 49.7 Å². The van der Waals surface area contributed by atoms with Crippen molar-refractivity contribution in [2.24, 2.45) is 17.8 Å². The summed E-state index contributed by atoms with van der Waals surface area (Å²) in [5.74, 6) is 3.80. The largest absolute Gasteiger partial charge is 0.377 e. The van der Waals surface area contributed by atoms with Crippen molar-refractivity contribution in [1.82, 2.24) is 0 Å². The van der Waals surface area contributed by atoms with Gasteiger partial charge in [-0.2, -0.15) is 0 Å². The molecule has 0 atom stereocenters. The van der Waals surface area contributed by atoms with Crippen LogP contribution in [-0.4, -0.2) is 6.61 Å². The third-order valence-corrected chi connectivity index (χ3v) is 7.72. The highest BCUT2D eigenvalue weighted by molar-refractivity contribution is 5.25. The van der Waals surface area contributed by atoms with Crippen LogP contribution in [0.3, 0.4) is 0 Å². The van der Waals surface area contributed by atoms with Gasteiger partial charge in [-0.1, -0.05) is 55.3 Å². The van der Waals surface area contributed by atoms with Gasteiger partial charge in [0.15, 0.2) is 0 Å². The van der Waals surface area contributed by atoms with Crippen LogP contribution in [0.4, 0.5) is 0 Å². The summed E-state index contributed by atoms with van der Waals surface area (Å²) in [5, 5.41) is 0. The standard InChI is InChI=1S/C29H44O/c1-3-5-7-9-24-10-14-26(15-11-24)28-18-20-29(21-19-28)27-16-12-25(13-17-27)23-30-22-8-6-4-2/h3-5,12-13,16-17,24,26,28-29H,2,6-11,14-15,18-23H2,1H3/b5-3+/t24-,26-,28?,29?. The lowest BCUT2D eigenvalue weighted by Gasteiger charge is -2.38. The van der Waals surface area contributed by atoms with Gasteiger partial charge in [0.05, 0.1) is 6.61 Å². The fourth-order valence-corrected chi connectivity index (χ4v) is 5.78. The fourth-order valence-electron chi connectivity index (χ4n) is 5.78. The monoisotopic (exact) mass is 408 g/mol. The summed E-state index contributed by atoms with van der Waals surface area (Å²) in [7, 11) is 0. The van der Waals surface area contributed by atoms with Crippen molar-refractivity contribution in [3.05, 3.63) is 60.2 Å². The first-order chi connectivity index (χ1) is 14.8. The van der Waals surface area contributed by atoms with Gasteiger partial charge in [-0.3, -0.25) is 0 Å². The highest BCUT2D eigenvalue weighted by Crippen LogP contribution is 2.44. The van der Waals surface area contributed by atoms with Crippen molar-refractivity contribution in [3.63, 3.8) is 0 Å². The lowest BCUT2D eigenvalue weighted by molar-refractivity contribution is 0.119. The molecule has 1 aromatic carbocycles. The molecule has 3 rings (SSSR count). The summed E-state index contributed by atoms with van der Waals surface area (Å²) >= 11 is 0. The summed E-state index contributed by atoms with van der Waals surface area (Å²) in [6.45, 7) is 7.47. The summed E-state index contributed by atoms with van der Waals surface area (Å²) in [5.41, 5.74) is 2.86. The Labute approximate surface area is 186 Å². The van der Waals surface area contributed by atoms with Gasteiger partial charge >= 0.3 is 0 Å². The Hall–Kier alpha value is -1.34. The van der Waals surface area contributed by atoms with Crippen LogP contribution in [-0.2, 0) is 11.3 Å². The molecule has 2 fully saturated rings. The fraction of sp³-hybridized carbons (Fsp3) is 0.655. The number of hydrogen-bond acceptors (Lipinski definition) is 1. The average molecular weight is 409 g/mol. The van der Waals surface area contributed by atoms with E-state index in [1.165, 1.54) is 69.8 Å². The van der Waals surface area contributed by atoms with Gasteiger partial charge in [0.1, 0.15) is 0 Å². The van der Waals surface area contributed by atoms with Crippen molar-refractivity contribution in [3.8, 4) is 0 Å². The second kappa shape index (κ2) is 13.2. The van der Waals surface area contributed by atoms with Crippen LogP contribution in [0, 0.1) is 17.8 Å². The van der Waals surface area contributed by atoms with Crippen LogP contribution >= 0.6 is 0 Å². The zero-order valence-electron chi connectivity index (χ0n) is 19.4. The molecule has 0 amide bonds. The van der Waals surface area contributed by atoms with E-state index in [4.69, 9.17) is 4.74 Å². The molecule has 1 heteroatoms. The van der Waals surface area contributed by atoms with Crippen LogP contribution < -0.4 is 0 Å². The van der Waals surface area contributed by atoms with E-state index in [1.54, 1.807) is 5.56 Å². The van der Waals surface area contributed by atoms with E-state index in [-0.39, 0.29) is 0 Å². The highest BCUT2D eigenvalue weighted by Gasteiger charge is 2.31. The molecule has 0 heterocycles. The first-order valence-corrected chi connectivity index (χ1v) is 12.7. The van der Waals surface area contributed by atoms with Gasteiger partial charge in [0, 0.05) is 6.61 Å². The molecule has 0 spiro atoms. The van der Waals surface area contributed by atoms with Gasteiger partial charge in [0.25, 0.3) is 0 Å². The van der Waals surface area contributed by atoms with Crippen molar-refractivity contribution in [1.29, 1.82) is 0 Å². The molecule has 30 heavy (non-hydrogen) atoms. The van der Waals surface area contributed by atoms with Crippen molar-refractivity contribution < 1.29 is 4.74 Å². The Bertz CT molecular complexity index is 612. The van der Waals surface area contributed by atoms with E-state index in [2.05, 4.69) is 49.9 Å². The minimum absolute atomic E-state index is 0.738. The Kier molecular flexibility index (Phi) is 10.2. The molecule has 2 aliphatic carbocycles. The Morgan fingerprint density at radius 3 is 2.20 bits per heavy atom. The van der Waals surface area contributed by atoms with Crippen molar-refractivity contribution >= 4 is 0 Å². The molecular weight excluding hydrogens is 364 g/mol. The van der Waals surface area contributed by atoms with Gasteiger partial charge in [-0.25, -0.2) is 0 Å². The van der Waals surface area contributed by atoms with Gasteiger partial charge in [-0.15, -0.1) is 6.58 Å². The molecule has 0 aliphatic heterocycles. The third-order valence-electron chi connectivity index (χ3n) is 7.72. The maximum absolute atomic E-state index is 5.77. The first-order valence-electron chi connectivity index (χ1n) is 12.7. The molecule has 166 valence electrons. The third kappa shape index (κ3) is 7.41. The zero-order valence-corrected chi connectivity index (χ0v) is 19.4. The van der Waals surface area contributed by atoms with Gasteiger partial charge < -0.3 is 4.74 Å². The van der Waals surface area contributed by atoms with Crippen LogP contribution in [0.25, 0.3) is 0 Å². The lowest BCUT2D eigenvalue weighted by atomic mass is 9.68. The number of unbranched alkanes of at least 4 members (excludes halogenated alkanes) is 1. The minimum Gasteiger partial charge on any atom is -0.377 e. The molecule has 2 saturated carbocycles. The highest BCUT2D eigenvalue weighted by atomic mass is 16.5. The number of rotatable bonds is 11. The molecule has 0 N–H and O–H groups in total. The van der Waals surface area contributed by atoms with E-state index in [1.807, 2.05) is 6.08 Å². The van der Waals surface area contributed by atoms with E-state index < -0.39 is 0 Å². The average Bonchev–Trinajstić information content (AvgIpc) is 2.80. The molecule has 1 aromatic rings. The molecule has 0 bridgehead atoms. The summed E-state index contributed by atoms with van der Waals surface area (Å²) in [6, 6.07) is 9.29. The maximum atomic E-state index is 5.77. The van der Waals surface area contributed by atoms with Gasteiger partial charge in [-0.05, 0) is 106 Å². The Morgan fingerprint density at radius 1 is 0.900 bits per heavy atom. The Balaban J connectivity index is 1.36. The smallest absolute Gasteiger partial charge is 0.0716 e. The summed E-state index contributed by atoms with van der Waals surface area (Å²) in [6.07, 6.45) is 23.0. The van der Waals surface area contributed by atoms with Crippen molar-refractivity contribution in [2.45, 2.75) is 96.5 Å². The topological polar surface area (TPSA) is 9.23 Å². The van der Waals surface area contributed by atoms with Crippen molar-refractivity contribution in [2.75, 3.05) is 6.61 Å². The second-order valence-corrected chi connectivity index (χ2v) is 9.76. The number of benzene rings is 1. The maximum Gasteiger partial charge on any atom is 0.0716 e. The quantitative estimate of drug-likeness (QED) is 0.263. The van der Waals surface area contributed by atoms with E-state index >= 15 is 0 Å². The zero-order chi connectivity index (χ0) is 21.0. The van der Waals surface area contributed by atoms with E-state index in [0.29, 0.717) is 0 Å². The van der Waals surface area contributed by atoms with E-state index in [9.17, 15) is 0 Å². The first kappa shape index (κ1) is 23.3. The lowest BCUT2D eigenvalue weighted by Crippen LogP contribution is -2.25. The summed E-state index contributed by atoms with van der Waals surface area (Å²) < 4.78 is 5.77. The predicted molar refractivity (Wildman–Crippen MR) is 130 cm³/mol. The normalized spacial score (nSPS) is 27.4.